The molecule has 0 aliphatic carbocycles. The van der Waals surface area contributed by atoms with Crippen molar-refractivity contribution in [2.75, 3.05) is 19.6 Å². The summed E-state index contributed by atoms with van der Waals surface area (Å²) < 4.78 is 0. The van der Waals surface area contributed by atoms with E-state index in [0.29, 0.717) is 12.6 Å². The van der Waals surface area contributed by atoms with Gasteiger partial charge in [-0.05, 0) is 43.5 Å². The molecule has 3 aromatic carbocycles. The predicted molar refractivity (Wildman–Crippen MR) is 144 cm³/mol. The molecular formula is C29H33N3O6. The maximum Gasteiger partial charge on any atom is 0.414 e. The van der Waals surface area contributed by atoms with Gasteiger partial charge in [-0.2, -0.15) is 0 Å². The number of carboxylic acid groups (broad SMARTS) is 2. The van der Waals surface area contributed by atoms with Crippen LogP contribution in [0.25, 0.3) is 0 Å². The molecule has 1 aliphatic heterocycles. The minimum atomic E-state index is -1.82. The first-order valence-corrected chi connectivity index (χ1v) is 12.6. The fourth-order valence-corrected chi connectivity index (χ4v) is 4.63. The van der Waals surface area contributed by atoms with Crippen LogP contribution in [0.2, 0.25) is 0 Å². The predicted octanol–water partition coefficient (Wildman–Crippen LogP) is 4.46. The van der Waals surface area contributed by atoms with Gasteiger partial charge in [-0.15, -0.1) is 0 Å². The first-order chi connectivity index (χ1) is 18.3. The molecule has 2 N–H and O–H groups in total. The van der Waals surface area contributed by atoms with Gasteiger partial charge in [0.05, 0.1) is 4.92 Å². The molecule has 0 saturated carbocycles. The third-order valence-corrected chi connectivity index (χ3v) is 6.60. The summed E-state index contributed by atoms with van der Waals surface area (Å²) in [5.74, 6) is -3.65. The van der Waals surface area contributed by atoms with Crippen molar-refractivity contribution in [2.45, 2.75) is 38.4 Å². The highest BCUT2D eigenvalue weighted by Crippen LogP contribution is 2.24. The highest BCUT2D eigenvalue weighted by molar-refractivity contribution is 6.27. The Labute approximate surface area is 222 Å². The molecule has 9 nitrogen and oxygen atoms in total. The van der Waals surface area contributed by atoms with Crippen LogP contribution in [0.15, 0.2) is 84.9 Å². The first-order valence-electron chi connectivity index (χ1n) is 12.6. The number of rotatable bonds is 9. The summed E-state index contributed by atoms with van der Waals surface area (Å²) in [5.41, 5.74) is 3.76. The molecule has 200 valence electrons. The summed E-state index contributed by atoms with van der Waals surface area (Å²) in [6.45, 7) is 4.57. The van der Waals surface area contributed by atoms with Gasteiger partial charge < -0.3 is 10.2 Å². The number of benzene rings is 3. The lowest BCUT2D eigenvalue weighted by molar-refractivity contribution is -0.385. The minimum absolute atomic E-state index is 0.225. The Morgan fingerprint density at radius 2 is 1.37 bits per heavy atom. The number of nitrogens with zero attached hydrogens (tertiary/aromatic N) is 3. The SMILES string of the molecule is O=C(O)C(=O)O.O=[N+]([O-])c1ccccc1CN1CCC(N(CCc2ccccc2)Cc2ccccc2)CC1. The van der Waals surface area contributed by atoms with Gasteiger partial charge in [-0.3, -0.25) is 19.9 Å². The normalized spacial score (nSPS) is 13.9. The molecule has 1 saturated heterocycles. The van der Waals surface area contributed by atoms with Crippen molar-refractivity contribution in [3.05, 3.63) is 112 Å². The van der Waals surface area contributed by atoms with Crippen LogP contribution < -0.4 is 0 Å². The lowest BCUT2D eigenvalue weighted by Crippen LogP contribution is -2.45. The summed E-state index contributed by atoms with van der Waals surface area (Å²) in [6, 6.07) is 29.0. The van der Waals surface area contributed by atoms with Crippen LogP contribution in [0.4, 0.5) is 5.69 Å². The number of carboxylic acids is 2. The Morgan fingerprint density at radius 3 is 1.92 bits per heavy atom. The Hall–Kier alpha value is -4.08. The van der Waals surface area contributed by atoms with Crippen LogP contribution in [-0.4, -0.2) is 62.6 Å². The number of hydrogen-bond acceptors (Lipinski definition) is 6. The van der Waals surface area contributed by atoms with Crippen LogP contribution in [0.1, 0.15) is 29.5 Å². The van der Waals surface area contributed by atoms with Gasteiger partial charge in [0.2, 0.25) is 0 Å². The summed E-state index contributed by atoms with van der Waals surface area (Å²) in [4.78, 5) is 34.3. The van der Waals surface area contributed by atoms with Crippen LogP contribution in [0.3, 0.4) is 0 Å². The zero-order valence-corrected chi connectivity index (χ0v) is 21.2. The molecular weight excluding hydrogens is 486 g/mol. The monoisotopic (exact) mass is 519 g/mol. The molecule has 0 radical (unpaired) electrons. The zero-order chi connectivity index (χ0) is 27.3. The summed E-state index contributed by atoms with van der Waals surface area (Å²) in [6.07, 6.45) is 3.22. The maximum absolute atomic E-state index is 11.3. The number of hydrogen-bond donors (Lipinski definition) is 2. The first kappa shape index (κ1) is 28.5. The smallest absolute Gasteiger partial charge is 0.414 e. The van der Waals surface area contributed by atoms with E-state index in [-0.39, 0.29) is 10.6 Å². The Bertz CT molecular complexity index is 1170. The molecule has 1 fully saturated rings. The topological polar surface area (TPSA) is 124 Å². The van der Waals surface area contributed by atoms with Gasteiger partial charge in [0.15, 0.2) is 0 Å². The maximum atomic E-state index is 11.3. The fraction of sp³-hybridized carbons (Fsp3) is 0.310. The third kappa shape index (κ3) is 9.10. The van der Waals surface area contributed by atoms with E-state index < -0.39 is 11.9 Å². The van der Waals surface area contributed by atoms with E-state index in [1.54, 1.807) is 12.1 Å². The number of aliphatic carboxylic acids is 2. The number of nitro benzene ring substituents is 1. The van der Waals surface area contributed by atoms with Crippen molar-refractivity contribution in [2.24, 2.45) is 0 Å². The van der Waals surface area contributed by atoms with Gasteiger partial charge in [0, 0.05) is 37.3 Å². The standard InChI is InChI=1S/C27H31N3O2.C2H2O4/c31-30(32)27-14-8-7-13-25(27)22-28-18-16-26(17-19-28)29(21-24-11-5-2-6-12-24)20-15-23-9-3-1-4-10-23;3-1(4)2(5)6/h1-14,26H,15-22H2;(H,3,4)(H,5,6). The highest BCUT2D eigenvalue weighted by atomic mass is 16.6. The van der Waals surface area contributed by atoms with Crippen LogP contribution in [0.5, 0.6) is 0 Å². The number of carbonyl (C=O) groups is 2. The molecule has 9 heteroatoms. The Balaban J connectivity index is 0.000000599. The highest BCUT2D eigenvalue weighted by Gasteiger charge is 2.26. The second-order valence-corrected chi connectivity index (χ2v) is 9.20. The average molecular weight is 520 g/mol. The number of para-hydroxylation sites is 1. The summed E-state index contributed by atoms with van der Waals surface area (Å²) in [5, 5.41) is 26.1. The van der Waals surface area contributed by atoms with Gasteiger partial charge in [0.1, 0.15) is 0 Å². The molecule has 4 rings (SSSR count). The van der Waals surface area contributed by atoms with Crippen LogP contribution >= 0.6 is 0 Å². The lowest BCUT2D eigenvalue weighted by atomic mass is 10.00. The van der Waals surface area contributed by atoms with Gasteiger partial charge in [-0.25, -0.2) is 9.59 Å². The van der Waals surface area contributed by atoms with E-state index >= 15 is 0 Å². The van der Waals surface area contributed by atoms with Crippen LogP contribution in [0, 0.1) is 10.1 Å². The Morgan fingerprint density at radius 1 is 0.842 bits per heavy atom. The van der Waals surface area contributed by atoms with E-state index in [1.165, 1.54) is 11.1 Å². The fourth-order valence-electron chi connectivity index (χ4n) is 4.63. The molecule has 0 aromatic heterocycles. The molecule has 3 aromatic rings. The average Bonchev–Trinajstić information content (AvgIpc) is 2.93. The van der Waals surface area contributed by atoms with Gasteiger partial charge in [-0.1, -0.05) is 78.9 Å². The molecule has 0 atom stereocenters. The quantitative estimate of drug-likeness (QED) is 0.241. The summed E-state index contributed by atoms with van der Waals surface area (Å²) >= 11 is 0. The van der Waals surface area contributed by atoms with E-state index in [9.17, 15) is 10.1 Å². The van der Waals surface area contributed by atoms with E-state index in [4.69, 9.17) is 19.8 Å². The number of nitro groups is 1. The number of piperidine rings is 1. The van der Waals surface area contributed by atoms with Crippen molar-refractivity contribution < 1.29 is 24.7 Å². The second kappa shape index (κ2) is 14.6. The van der Waals surface area contributed by atoms with Crippen LogP contribution in [-0.2, 0) is 29.1 Å². The van der Waals surface area contributed by atoms with E-state index in [1.807, 2.05) is 12.1 Å². The largest absolute Gasteiger partial charge is 0.473 e. The molecule has 0 spiro atoms. The number of likely N-dealkylation sites (tertiary alicyclic amines) is 1. The van der Waals surface area contributed by atoms with Crippen molar-refractivity contribution in [1.29, 1.82) is 0 Å². The minimum Gasteiger partial charge on any atom is -0.473 e. The molecule has 0 bridgehead atoms. The molecule has 0 amide bonds. The van der Waals surface area contributed by atoms with Gasteiger partial charge >= 0.3 is 11.9 Å². The van der Waals surface area contributed by atoms with Crippen molar-refractivity contribution >= 4 is 17.6 Å². The molecule has 38 heavy (non-hydrogen) atoms. The van der Waals surface area contributed by atoms with Crippen molar-refractivity contribution in [1.82, 2.24) is 9.80 Å². The van der Waals surface area contributed by atoms with E-state index in [2.05, 4.69) is 70.5 Å². The Kier molecular flexibility index (Phi) is 11.0. The second-order valence-electron chi connectivity index (χ2n) is 9.20. The van der Waals surface area contributed by atoms with Crippen molar-refractivity contribution in [3.8, 4) is 0 Å². The van der Waals surface area contributed by atoms with Gasteiger partial charge in [0.25, 0.3) is 5.69 Å². The molecule has 0 unspecified atom stereocenters. The third-order valence-electron chi connectivity index (χ3n) is 6.60. The molecule has 1 heterocycles. The summed E-state index contributed by atoms with van der Waals surface area (Å²) in [7, 11) is 0. The molecule has 1 aliphatic rings. The lowest BCUT2D eigenvalue weighted by Gasteiger charge is -2.38. The van der Waals surface area contributed by atoms with Crippen molar-refractivity contribution in [3.63, 3.8) is 0 Å². The van der Waals surface area contributed by atoms with E-state index in [0.717, 1.165) is 51.0 Å². The zero-order valence-electron chi connectivity index (χ0n) is 21.2.